The van der Waals surface area contributed by atoms with Gasteiger partial charge in [-0.05, 0) is 31.2 Å². The Balaban J connectivity index is 2.12. The molecule has 92 valence electrons. The molecule has 2 nitrogen and oxygen atoms in total. The Kier molecular flexibility index (Phi) is 4.80. The van der Waals surface area contributed by atoms with E-state index in [1.54, 1.807) is 11.8 Å². The van der Waals surface area contributed by atoms with Gasteiger partial charge in [-0.2, -0.15) is 0 Å². The standard InChI is InChI=1S/C13H18N2S2/c1-3-10-8-9-17-13(14-10)15-11-6-4-5-7-12(11)16-2/h4-7,10H,3,8-9H2,1-2H3,(H,14,15). The summed E-state index contributed by atoms with van der Waals surface area (Å²) in [5, 5.41) is 4.53. The van der Waals surface area contributed by atoms with Crippen LogP contribution in [0.15, 0.2) is 34.2 Å². The molecule has 2 rings (SSSR count). The highest BCUT2D eigenvalue weighted by atomic mass is 32.2. The highest BCUT2D eigenvalue weighted by molar-refractivity contribution is 8.14. The highest BCUT2D eigenvalue weighted by Gasteiger charge is 2.14. The molecule has 0 radical (unpaired) electrons. The minimum absolute atomic E-state index is 0.500. The van der Waals surface area contributed by atoms with E-state index in [2.05, 4.69) is 42.8 Å². The van der Waals surface area contributed by atoms with Crippen LogP contribution >= 0.6 is 23.5 Å². The van der Waals surface area contributed by atoms with Gasteiger partial charge in [0.2, 0.25) is 0 Å². The van der Waals surface area contributed by atoms with Gasteiger partial charge in [-0.3, -0.25) is 4.99 Å². The molecule has 1 unspecified atom stereocenters. The average Bonchev–Trinajstić information content (AvgIpc) is 2.39. The van der Waals surface area contributed by atoms with Crippen molar-refractivity contribution < 1.29 is 0 Å². The molecule has 0 bridgehead atoms. The van der Waals surface area contributed by atoms with E-state index < -0.39 is 0 Å². The largest absolute Gasteiger partial charge is 0.334 e. The summed E-state index contributed by atoms with van der Waals surface area (Å²) < 4.78 is 0. The molecule has 0 saturated carbocycles. The number of nitrogens with one attached hydrogen (secondary N) is 1. The Morgan fingerprint density at radius 2 is 2.29 bits per heavy atom. The lowest BCUT2D eigenvalue weighted by Gasteiger charge is -2.20. The van der Waals surface area contributed by atoms with Crippen molar-refractivity contribution in [1.29, 1.82) is 0 Å². The Morgan fingerprint density at radius 1 is 1.47 bits per heavy atom. The van der Waals surface area contributed by atoms with Gasteiger partial charge in [-0.1, -0.05) is 30.8 Å². The smallest absolute Gasteiger partial charge is 0.161 e. The van der Waals surface area contributed by atoms with Crippen LogP contribution in [0.3, 0.4) is 0 Å². The van der Waals surface area contributed by atoms with Gasteiger partial charge in [0.15, 0.2) is 5.17 Å². The first kappa shape index (κ1) is 12.8. The van der Waals surface area contributed by atoms with Gasteiger partial charge < -0.3 is 5.32 Å². The third-order valence-electron chi connectivity index (χ3n) is 2.81. The van der Waals surface area contributed by atoms with Crippen molar-refractivity contribution in [2.45, 2.75) is 30.7 Å². The van der Waals surface area contributed by atoms with Gasteiger partial charge in [-0.15, -0.1) is 11.8 Å². The maximum absolute atomic E-state index is 4.73. The summed E-state index contributed by atoms with van der Waals surface area (Å²) in [7, 11) is 0. The van der Waals surface area contributed by atoms with Crippen molar-refractivity contribution in [3.05, 3.63) is 24.3 Å². The molecule has 1 aromatic rings. The highest BCUT2D eigenvalue weighted by Crippen LogP contribution is 2.27. The van der Waals surface area contributed by atoms with Gasteiger partial charge in [0.05, 0.1) is 11.7 Å². The quantitative estimate of drug-likeness (QED) is 0.834. The molecule has 17 heavy (non-hydrogen) atoms. The molecule has 0 fully saturated rings. The van der Waals surface area contributed by atoms with Crippen LogP contribution in [0.2, 0.25) is 0 Å². The lowest BCUT2D eigenvalue weighted by molar-refractivity contribution is 0.634. The van der Waals surface area contributed by atoms with Crippen molar-refractivity contribution in [3.63, 3.8) is 0 Å². The van der Waals surface area contributed by atoms with Gasteiger partial charge >= 0.3 is 0 Å². The fourth-order valence-corrected chi connectivity index (χ4v) is 3.33. The maximum Gasteiger partial charge on any atom is 0.161 e. The fourth-order valence-electron chi connectivity index (χ4n) is 1.79. The first-order valence-corrected chi connectivity index (χ1v) is 8.15. The van der Waals surface area contributed by atoms with Gasteiger partial charge in [0, 0.05) is 10.6 Å². The van der Waals surface area contributed by atoms with Crippen molar-refractivity contribution in [1.82, 2.24) is 0 Å². The van der Waals surface area contributed by atoms with E-state index in [0.717, 1.165) is 11.6 Å². The van der Waals surface area contributed by atoms with E-state index in [4.69, 9.17) is 4.99 Å². The van der Waals surface area contributed by atoms with E-state index in [1.807, 2.05) is 11.8 Å². The van der Waals surface area contributed by atoms with E-state index in [9.17, 15) is 0 Å². The van der Waals surface area contributed by atoms with Crippen molar-refractivity contribution in [2.24, 2.45) is 4.99 Å². The minimum Gasteiger partial charge on any atom is -0.334 e. The Labute approximate surface area is 112 Å². The number of thioether (sulfide) groups is 2. The van der Waals surface area contributed by atoms with Gasteiger partial charge in [-0.25, -0.2) is 0 Å². The number of rotatable bonds is 3. The summed E-state index contributed by atoms with van der Waals surface area (Å²) in [6.45, 7) is 2.21. The number of anilines is 1. The van der Waals surface area contributed by atoms with E-state index >= 15 is 0 Å². The van der Waals surface area contributed by atoms with Crippen molar-refractivity contribution in [2.75, 3.05) is 17.3 Å². The minimum atomic E-state index is 0.500. The number of benzene rings is 1. The molecule has 0 amide bonds. The molecule has 0 aliphatic carbocycles. The fraction of sp³-hybridized carbons (Fsp3) is 0.462. The maximum atomic E-state index is 4.73. The summed E-state index contributed by atoms with van der Waals surface area (Å²) in [4.78, 5) is 6.00. The van der Waals surface area contributed by atoms with Crippen LogP contribution in [0.25, 0.3) is 0 Å². The number of hydrogen-bond acceptors (Lipinski definition) is 4. The molecule has 0 spiro atoms. The van der Waals surface area contributed by atoms with Crippen LogP contribution in [0.4, 0.5) is 5.69 Å². The predicted octanol–water partition coefficient (Wildman–Crippen LogP) is 4.09. The second-order valence-electron chi connectivity index (χ2n) is 3.96. The number of amidine groups is 1. The molecule has 1 atom stereocenters. The molecule has 1 aliphatic heterocycles. The summed E-state index contributed by atoms with van der Waals surface area (Å²) in [6, 6.07) is 8.89. The third-order valence-corrected chi connectivity index (χ3v) is 4.53. The molecule has 1 N–H and O–H groups in total. The normalized spacial score (nSPS) is 19.9. The summed E-state index contributed by atoms with van der Waals surface area (Å²) in [6.07, 6.45) is 4.44. The average molecular weight is 266 g/mol. The summed E-state index contributed by atoms with van der Waals surface area (Å²) in [5.74, 6) is 1.17. The third kappa shape index (κ3) is 3.42. The first-order chi connectivity index (χ1) is 8.33. The van der Waals surface area contributed by atoms with Crippen LogP contribution in [0, 0.1) is 0 Å². The Morgan fingerprint density at radius 3 is 3.06 bits per heavy atom. The van der Waals surface area contributed by atoms with Crippen LogP contribution < -0.4 is 5.32 Å². The molecule has 1 aliphatic rings. The molecule has 0 saturated heterocycles. The van der Waals surface area contributed by atoms with Crippen LogP contribution in [0.5, 0.6) is 0 Å². The van der Waals surface area contributed by atoms with E-state index in [1.165, 1.54) is 22.8 Å². The number of hydrogen-bond donors (Lipinski definition) is 1. The molecule has 1 heterocycles. The second-order valence-corrected chi connectivity index (χ2v) is 5.89. The Hall–Kier alpha value is -0.610. The number of para-hydroxylation sites is 1. The van der Waals surface area contributed by atoms with Crippen molar-refractivity contribution >= 4 is 34.4 Å². The zero-order chi connectivity index (χ0) is 12.1. The number of nitrogens with zero attached hydrogens (tertiary/aromatic N) is 1. The van der Waals surface area contributed by atoms with Crippen LogP contribution in [-0.2, 0) is 0 Å². The second kappa shape index (κ2) is 6.36. The van der Waals surface area contributed by atoms with E-state index in [-0.39, 0.29) is 0 Å². The molecular weight excluding hydrogens is 248 g/mol. The molecule has 0 aromatic heterocycles. The number of aliphatic imine (C=N–C) groups is 1. The SMILES string of the molecule is CCC1CCSC(Nc2ccccc2SC)=N1. The summed E-state index contributed by atoms with van der Waals surface area (Å²) in [5.41, 5.74) is 1.17. The van der Waals surface area contributed by atoms with Crippen LogP contribution in [-0.4, -0.2) is 23.2 Å². The molecular formula is C13H18N2S2. The lowest BCUT2D eigenvalue weighted by Crippen LogP contribution is -2.19. The predicted molar refractivity (Wildman–Crippen MR) is 80.4 cm³/mol. The lowest BCUT2D eigenvalue weighted by atomic mass is 10.2. The topological polar surface area (TPSA) is 24.4 Å². The van der Waals surface area contributed by atoms with E-state index in [0.29, 0.717) is 6.04 Å². The van der Waals surface area contributed by atoms with Crippen molar-refractivity contribution in [3.8, 4) is 0 Å². The molecule has 1 aromatic carbocycles. The zero-order valence-corrected chi connectivity index (χ0v) is 11.9. The molecule has 4 heteroatoms. The zero-order valence-electron chi connectivity index (χ0n) is 10.3. The van der Waals surface area contributed by atoms with Crippen LogP contribution in [0.1, 0.15) is 19.8 Å². The van der Waals surface area contributed by atoms with Gasteiger partial charge in [0.1, 0.15) is 0 Å². The monoisotopic (exact) mass is 266 g/mol. The first-order valence-electron chi connectivity index (χ1n) is 5.94. The summed E-state index contributed by atoms with van der Waals surface area (Å²) >= 11 is 3.59. The Bertz CT molecular complexity index is 404. The van der Waals surface area contributed by atoms with Gasteiger partial charge in [0.25, 0.3) is 0 Å².